The molecule has 0 spiro atoms. The zero-order valence-corrected chi connectivity index (χ0v) is 13.3. The van der Waals surface area contributed by atoms with E-state index in [1.54, 1.807) is 0 Å². The van der Waals surface area contributed by atoms with Gasteiger partial charge in [-0.25, -0.2) is 0 Å². The SMILES string of the molecule is CCNC(c1ccc2c(c1)COC2)c1c(Br)cnn1C. The molecule has 1 aliphatic heterocycles. The average Bonchev–Trinajstić information content (AvgIpc) is 3.03. The fourth-order valence-electron chi connectivity index (χ4n) is 2.69. The lowest BCUT2D eigenvalue weighted by Gasteiger charge is -2.20. The number of aromatic nitrogens is 2. The van der Waals surface area contributed by atoms with Gasteiger partial charge in [-0.2, -0.15) is 5.10 Å². The number of hydrogen-bond acceptors (Lipinski definition) is 3. The highest BCUT2D eigenvalue weighted by molar-refractivity contribution is 9.10. The van der Waals surface area contributed by atoms with E-state index in [1.165, 1.54) is 16.7 Å². The first-order valence-electron chi connectivity index (χ1n) is 6.81. The van der Waals surface area contributed by atoms with Crippen molar-refractivity contribution in [1.29, 1.82) is 0 Å². The van der Waals surface area contributed by atoms with Crippen molar-refractivity contribution in [3.63, 3.8) is 0 Å². The van der Waals surface area contributed by atoms with Gasteiger partial charge in [0.1, 0.15) is 0 Å². The Morgan fingerprint density at radius 3 is 2.90 bits per heavy atom. The third kappa shape index (κ3) is 2.41. The van der Waals surface area contributed by atoms with E-state index in [0.29, 0.717) is 6.61 Å². The quantitative estimate of drug-likeness (QED) is 0.933. The lowest BCUT2D eigenvalue weighted by atomic mass is 9.99. The number of halogens is 1. The summed E-state index contributed by atoms with van der Waals surface area (Å²) in [6, 6.07) is 6.73. The van der Waals surface area contributed by atoms with E-state index in [-0.39, 0.29) is 6.04 Å². The van der Waals surface area contributed by atoms with E-state index < -0.39 is 0 Å². The molecule has 4 nitrogen and oxygen atoms in total. The lowest BCUT2D eigenvalue weighted by molar-refractivity contribution is 0.134. The van der Waals surface area contributed by atoms with Gasteiger partial charge in [0.15, 0.2) is 0 Å². The average molecular weight is 336 g/mol. The van der Waals surface area contributed by atoms with Gasteiger partial charge < -0.3 is 10.1 Å². The highest BCUT2D eigenvalue weighted by atomic mass is 79.9. The van der Waals surface area contributed by atoms with E-state index in [9.17, 15) is 0 Å². The number of hydrogen-bond donors (Lipinski definition) is 1. The minimum absolute atomic E-state index is 0.132. The smallest absolute Gasteiger partial charge is 0.0759 e. The first kappa shape index (κ1) is 13.8. The minimum Gasteiger partial charge on any atom is -0.372 e. The predicted molar refractivity (Wildman–Crippen MR) is 81.4 cm³/mol. The third-order valence-electron chi connectivity index (χ3n) is 3.70. The van der Waals surface area contributed by atoms with Crippen LogP contribution >= 0.6 is 15.9 Å². The second-order valence-electron chi connectivity index (χ2n) is 5.01. The van der Waals surface area contributed by atoms with Crippen molar-refractivity contribution in [3.8, 4) is 0 Å². The molecule has 1 aromatic carbocycles. The van der Waals surface area contributed by atoms with Crippen LogP contribution in [-0.4, -0.2) is 16.3 Å². The second kappa shape index (κ2) is 5.68. The molecule has 1 N–H and O–H groups in total. The summed E-state index contributed by atoms with van der Waals surface area (Å²) < 4.78 is 8.45. The Kier molecular flexibility index (Phi) is 3.92. The van der Waals surface area contributed by atoms with Crippen LogP contribution in [0.1, 0.15) is 35.3 Å². The topological polar surface area (TPSA) is 39.1 Å². The molecule has 106 valence electrons. The van der Waals surface area contributed by atoms with Gasteiger partial charge in [0.05, 0.1) is 35.6 Å². The third-order valence-corrected chi connectivity index (χ3v) is 4.31. The molecular weight excluding hydrogens is 318 g/mol. The summed E-state index contributed by atoms with van der Waals surface area (Å²) in [6.07, 6.45) is 1.84. The van der Waals surface area contributed by atoms with Gasteiger partial charge in [-0.05, 0) is 39.2 Å². The van der Waals surface area contributed by atoms with E-state index in [2.05, 4.69) is 51.5 Å². The monoisotopic (exact) mass is 335 g/mol. The number of benzene rings is 1. The van der Waals surface area contributed by atoms with Crippen molar-refractivity contribution in [2.24, 2.45) is 7.05 Å². The first-order chi connectivity index (χ1) is 9.70. The van der Waals surface area contributed by atoms with Crippen molar-refractivity contribution in [2.75, 3.05) is 6.54 Å². The molecule has 2 aromatic rings. The van der Waals surface area contributed by atoms with Gasteiger partial charge in [0.2, 0.25) is 0 Å². The van der Waals surface area contributed by atoms with Crippen LogP contribution in [0.4, 0.5) is 0 Å². The standard InChI is InChI=1S/C15H18BrN3O/c1-3-17-14(15-13(16)7-18-19(15)2)10-4-5-11-8-20-9-12(11)6-10/h4-7,14,17H,3,8-9H2,1-2H3. The Balaban J connectivity index is 2.03. The van der Waals surface area contributed by atoms with E-state index in [0.717, 1.165) is 23.3 Å². The predicted octanol–water partition coefficient (Wildman–Crippen LogP) is 2.91. The first-order valence-corrected chi connectivity index (χ1v) is 7.60. The van der Waals surface area contributed by atoms with Crippen LogP contribution in [0, 0.1) is 0 Å². The second-order valence-corrected chi connectivity index (χ2v) is 5.87. The van der Waals surface area contributed by atoms with Gasteiger partial charge in [0.25, 0.3) is 0 Å². The summed E-state index contributed by atoms with van der Waals surface area (Å²) in [6.45, 7) is 4.47. The van der Waals surface area contributed by atoms with Gasteiger partial charge in [-0.1, -0.05) is 25.1 Å². The highest BCUT2D eigenvalue weighted by Crippen LogP contribution is 2.30. The maximum Gasteiger partial charge on any atom is 0.0759 e. The lowest BCUT2D eigenvalue weighted by Crippen LogP contribution is -2.24. The van der Waals surface area contributed by atoms with Crippen LogP contribution in [0.25, 0.3) is 0 Å². The number of ether oxygens (including phenoxy) is 1. The van der Waals surface area contributed by atoms with Gasteiger partial charge in [0, 0.05) is 7.05 Å². The number of rotatable bonds is 4. The summed E-state index contributed by atoms with van der Waals surface area (Å²) in [5.41, 5.74) is 4.99. The van der Waals surface area contributed by atoms with Gasteiger partial charge >= 0.3 is 0 Å². The van der Waals surface area contributed by atoms with Crippen LogP contribution < -0.4 is 5.32 Å². The Labute approximate surface area is 127 Å². The molecule has 0 bridgehead atoms. The maximum absolute atomic E-state index is 5.50. The summed E-state index contributed by atoms with van der Waals surface area (Å²) in [5.74, 6) is 0. The minimum atomic E-state index is 0.132. The Hall–Kier alpha value is -1.17. The number of nitrogens with one attached hydrogen (secondary N) is 1. The van der Waals surface area contributed by atoms with Crippen molar-refractivity contribution in [2.45, 2.75) is 26.2 Å². The Morgan fingerprint density at radius 1 is 1.40 bits per heavy atom. The zero-order chi connectivity index (χ0) is 14.1. The van der Waals surface area contributed by atoms with E-state index in [4.69, 9.17) is 4.74 Å². The Morgan fingerprint density at radius 2 is 2.20 bits per heavy atom. The molecule has 0 saturated heterocycles. The number of fused-ring (bicyclic) bond motifs is 1. The molecule has 0 fully saturated rings. The van der Waals surface area contributed by atoms with Crippen LogP contribution in [0.15, 0.2) is 28.9 Å². The fraction of sp³-hybridized carbons (Fsp3) is 0.400. The van der Waals surface area contributed by atoms with Crippen LogP contribution in [-0.2, 0) is 25.0 Å². The highest BCUT2D eigenvalue weighted by Gasteiger charge is 2.22. The molecular formula is C15H18BrN3O. The normalized spacial score (nSPS) is 15.3. The molecule has 0 radical (unpaired) electrons. The van der Waals surface area contributed by atoms with E-state index in [1.807, 2.05) is 17.9 Å². The Bertz CT molecular complexity index is 604. The molecule has 0 saturated carbocycles. The molecule has 20 heavy (non-hydrogen) atoms. The summed E-state index contributed by atoms with van der Waals surface area (Å²) >= 11 is 3.60. The molecule has 0 amide bonds. The fourth-order valence-corrected chi connectivity index (χ4v) is 3.27. The molecule has 1 aromatic heterocycles. The largest absolute Gasteiger partial charge is 0.372 e. The molecule has 1 unspecified atom stereocenters. The van der Waals surface area contributed by atoms with Gasteiger partial charge in [-0.15, -0.1) is 0 Å². The molecule has 5 heteroatoms. The van der Waals surface area contributed by atoms with Crippen molar-refractivity contribution in [3.05, 3.63) is 51.3 Å². The molecule has 1 atom stereocenters. The van der Waals surface area contributed by atoms with E-state index >= 15 is 0 Å². The van der Waals surface area contributed by atoms with Crippen LogP contribution in [0.3, 0.4) is 0 Å². The maximum atomic E-state index is 5.50. The zero-order valence-electron chi connectivity index (χ0n) is 11.7. The molecule has 2 heterocycles. The van der Waals surface area contributed by atoms with Crippen molar-refractivity contribution in [1.82, 2.24) is 15.1 Å². The van der Waals surface area contributed by atoms with Crippen molar-refractivity contribution < 1.29 is 4.74 Å². The van der Waals surface area contributed by atoms with Crippen molar-refractivity contribution >= 4 is 15.9 Å². The number of nitrogens with zero attached hydrogens (tertiary/aromatic N) is 2. The molecule has 1 aliphatic rings. The summed E-state index contributed by atoms with van der Waals surface area (Å²) in [7, 11) is 1.97. The van der Waals surface area contributed by atoms with Crippen LogP contribution in [0.2, 0.25) is 0 Å². The van der Waals surface area contributed by atoms with Crippen LogP contribution in [0.5, 0.6) is 0 Å². The number of aryl methyl sites for hydroxylation is 1. The summed E-state index contributed by atoms with van der Waals surface area (Å²) in [5, 5.41) is 7.86. The molecule has 0 aliphatic carbocycles. The van der Waals surface area contributed by atoms with Gasteiger partial charge in [-0.3, -0.25) is 4.68 Å². The summed E-state index contributed by atoms with van der Waals surface area (Å²) in [4.78, 5) is 0. The molecule has 3 rings (SSSR count).